The van der Waals surface area contributed by atoms with E-state index in [9.17, 15) is 4.79 Å². The van der Waals surface area contributed by atoms with E-state index in [1.54, 1.807) is 19.1 Å². The normalized spacial score (nSPS) is 9.79. The van der Waals surface area contributed by atoms with Crippen molar-refractivity contribution < 1.29 is 19.0 Å². The van der Waals surface area contributed by atoms with Crippen LogP contribution in [0.25, 0.3) is 0 Å². The van der Waals surface area contributed by atoms with Gasteiger partial charge in [-0.15, -0.1) is 6.58 Å². The van der Waals surface area contributed by atoms with Crippen LogP contribution in [0.15, 0.2) is 30.9 Å². The van der Waals surface area contributed by atoms with Gasteiger partial charge in [0.1, 0.15) is 11.5 Å². The van der Waals surface area contributed by atoms with Crippen molar-refractivity contribution in [3.8, 4) is 11.5 Å². The molecule has 4 heteroatoms. The topological polar surface area (TPSA) is 44.8 Å². The van der Waals surface area contributed by atoms with Crippen LogP contribution in [0.1, 0.15) is 19.4 Å². The van der Waals surface area contributed by atoms with Crippen LogP contribution in [-0.2, 0) is 16.0 Å². The van der Waals surface area contributed by atoms with Crippen LogP contribution in [0.5, 0.6) is 11.5 Å². The van der Waals surface area contributed by atoms with E-state index in [-0.39, 0.29) is 12.6 Å². The molecule has 0 spiro atoms. The quantitative estimate of drug-likeness (QED) is 0.535. The van der Waals surface area contributed by atoms with E-state index >= 15 is 0 Å². The van der Waals surface area contributed by atoms with Crippen LogP contribution >= 0.6 is 0 Å². The molecule has 0 fully saturated rings. The van der Waals surface area contributed by atoms with Crippen molar-refractivity contribution in [1.29, 1.82) is 0 Å². The first kappa shape index (κ1) is 15.1. The summed E-state index contributed by atoms with van der Waals surface area (Å²) in [6.07, 6.45) is 2.43. The zero-order valence-corrected chi connectivity index (χ0v) is 11.5. The van der Waals surface area contributed by atoms with E-state index < -0.39 is 0 Å². The Labute approximate surface area is 114 Å². The number of rotatable bonds is 8. The largest absolute Gasteiger partial charge is 0.494 e. The van der Waals surface area contributed by atoms with Gasteiger partial charge in [-0.3, -0.25) is 0 Å². The lowest BCUT2D eigenvalue weighted by molar-refractivity contribution is -0.145. The number of ether oxygens (including phenoxy) is 3. The molecule has 0 bridgehead atoms. The number of hydrogen-bond donors (Lipinski definition) is 0. The zero-order chi connectivity index (χ0) is 14.1. The Morgan fingerprint density at radius 3 is 2.68 bits per heavy atom. The van der Waals surface area contributed by atoms with Crippen molar-refractivity contribution in [2.45, 2.75) is 20.3 Å². The van der Waals surface area contributed by atoms with E-state index in [2.05, 4.69) is 6.58 Å². The Morgan fingerprint density at radius 2 is 2.05 bits per heavy atom. The van der Waals surface area contributed by atoms with E-state index in [1.165, 1.54) is 0 Å². The van der Waals surface area contributed by atoms with E-state index in [0.29, 0.717) is 25.4 Å². The average Bonchev–Trinajstić information content (AvgIpc) is 2.39. The maximum Gasteiger partial charge on any atom is 0.344 e. The second-order valence-electron chi connectivity index (χ2n) is 3.79. The van der Waals surface area contributed by atoms with Gasteiger partial charge in [0, 0.05) is 5.56 Å². The molecule has 0 saturated heterocycles. The lowest BCUT2D eigenvalue weighted by atomic mass is 10.1. The molecule has 0 N–H and O–H groups in total. The Kier molecular flexibility index (Phi) is 6.50. The second kappa shape index (κ2) is 8.19. The summed E-state index contributed by atoms with van der Waals surface area (Å²) >= 11 is 0. The molecule has 0 aliphatic heterocycles. The molecule has 4 nitrogen and oxygen atoms in total. The average molecular weight is 264 g/mol. The van der Waals surface area contributed by atoms with Crippen molar-refractivity contribution >= 4 is 5.97 Å². The standard InChI is InChI=1S/C15H20O4/c1-4-7-12-10-13(17-5-2)8-9-14(12)19-11-15(16)18-6-3/h4,8-10H,1,5-7,11H2,2-3H3. The maximum atomic E-state index is 11.3. The molecule has 1 aromatic rings. The minimum Gasteiger partial charge on any atom is -0.494 e. The molecule has 0 aliphatic carbocycles. The van der Waals surface area contributed by atoms with E-state index in [0.717, 1.165) is 11.3 Å². The predicted molar refractivity (Wildman–Crippen MR) is 73.6 cm³/mol. The van der Waals surface area contributed by atoms with Crippen LogP contribution in [0, 0.1) is 0 Å². The third-order valence-electron chi connectivity index (χ3n) is 2.36. The molecule has 0 atom stereocenters. The molecule has 0 unspecified atom stereocenters. The summed E-state index contributed by atoms with van der Waals surface area (Å²) < 4.78 is 15.7. The van der Waals surface area contributed by atoms with Gasteiger partial charge < -0.3 is 14.2 Å². The lowest BCUT2D eigenvalue weighted by Crippen LogP contribution is -2.15. The highest BCUT2D eigenvalue weighted by molar-refractivity contribution is 5.71. The van der Waals surface area contributed by atoms with Gasteiger partial charge in [0.15, 0.2) is 6.61 Å². The fraction of sp³-hybridized carbons (Fsp3) is 0.400. The molecular weight excluding hydrogens is 244 g/mol. The number of carbonyl (C=O) groups is 1. The summed E-state index contributed by atoms with van der Waals surface area (Å²) in [5, 5.41) is 0. The minimum absolute atomic E-state index is 0.0913. The van der Waals surface area contributed by atoms with Crippen LogP contribution in [0.2, 0.25) is 0 Å². The highest BCUT2D eigenvalue weighted by Gasteiger charge is 2.08. The zero-order valence-electron chi connectivity index (χ0n) is 11.5. The van der Waals surface area contributed by atoms with Gasteiger partial charge in [-0.2, -0.15) is 0 Å². The fourth-order valence-electron chi connectivity index (χ4n) is 1.61. The van der Waals surface area contributed by atoms with Gasteiger partial charge in [0.05, 0.1) is 13.2 Å². The Balaban J connectivity index is 2.75. The van der Waals surface area contributed by atoms with Crippen LogP contribution in [-0.4, -0.2) is 25.8 Å². The van der Waals surface area contributed by atoms with Crippen molar-refractivity contribution in [2.24, 2.45) is 0 Å². The third kappa shape index (κ3) is 5.04. The van der Waals surface area contributed by atoms with Crippen molar-refractivity contribution in [3.05, 3.63) is 36.4 Å². The highest BCUT2D eigenvalue weighted by atomic mass is 16.6. The smallest absolute Gasteiger partial charge is 0.344 e. The summed E-state index contributed by atoms with van der Waals surface area (Å²) in [6, 6.07) is 5.51. The molecule has 1 aromatic carbocycles. The highest BCUT2D eigenvalue weighted by Crippen LogP contribution is 2.25. The molecule has 19 heavy (non-hydrogen) atoms. The lowest BCUT2D eigenvalue weighted by Gasteiger charge is -2.12. The third-order valence-corrected chi connectivity index (χ3v) is 2.36. The van der Waals surface area contributed by atoms with Crippen molar-refractivity contribution in [2.75, 3.05) is 19.8 Å². The minimum atomic E-state index is -0.374. The monoisotopic (exact) mass is 264 g/mol. The second-order valence-corrected chi connectivity index (χ2v) is 3.79. The van der Waals surface area contributed by atoms with Crippen LogP contribution in [0.3, 0.4) is 0 Å². The number of allylic oxidation sites excluding steroid dienone is 1. The molecule has 0 aromatic heterocycles. The number of esters is 1. The number of hydrogen-bond acceptors (Lipinski definition) is 4. The molecule has 1 rings (SSSR count). The fourth-order valence-corrected chi connectivity index (χ4v) is 1.61. The van der Waals surface area contributed by atoms with Gasteiger partial charge in [0.25, 0.3) is 0 Å². The van der Waals surface area contributed by atoms with Gasteiger partial charge in [-0.1, -0.05) is 6.08 Å². The van der Waals surface area contributed by atoms with Crippen molar-refractivity contribution in [3.63, 3.8) is 0 Å². The van der Waals surface area contributed by atoms with Gasteiger partial charge >= 0.3 is 5.97 Å². The van der Waals surface area contributed by atoms with Crippen LogP contribution < -0.4 is 9.47 Å². The summed E-state index contributed by atoms with van der Waals surface area (Å²) in [7, 11) is 0. The molecule has 0 aliphatic rings. The molecule has 104 valence electrons. The van der Waals surface area contributed by atoms with Crippen LogP contribution in [0.4, 0.5) is 0 Å². The SMILES string of the molecule is C=CCc1cc(OCC)ccc1OCC(=O)OCC. The summed E-state index contributed by atoms with van der Waals surface area (Å²) in [5.74, 6) is 1.06. The van der Waals surface area contributed by atoms with Gasteiger partial charge in [-0.05, 0) is 38.5 Å². The first-order valence-corrected chi connectivity index (χ1v) is 6.36. The van der Waals surface area contributed by atoms with Gasteiger partial charge in [0.2, 0.25) is 0 Å². The number of benzene rings is 1. The van der Waals surface area contributed by atoms with E-state index in [4.69, 9.17) is 14.2 Å². The maximum absolute atomic E-state index is 11.3. The molecule has 0 radical (unpaired) electrons. The Morgan fingerprint density at radius 1 is 1.26 bits per heavy atom. The molecule has 0 saturated carbocycles. The summed E-state index contributed by atoms with van der Waals surface area (Å²) in [6.45, 7) is 8.27. The number of carbonyl (C=O) groups excluding carboxylic acids is 1. The molecule has 0 heterocycles. The molecular formula is C15H20O4. The summed E-state index contributed by atoms with van der Waals surface area (Å²) in [4.78, 5) is 11.3. The first-order valence-electron chi connectivity index (χ1n) is 6.36. The van der Waals surface area contributed by atoms with Crippen molar-refractivity contribution in [1.82, 2.24) is 0 Å². The Hall–Kier alpha value is -1.97. The Bertz CT molecular complexity index is 426. The first-order chi connectivity index (χ1) is 9.21. The van der Waals surface area contributed by atoms with Gasteiger partial charge in [-0.25, -0.2) is 4.79 Å². The predicted octanol–water partition coefficient (Wildman–Crippen LogP) is 2.76. The van der Waals surface area contributed by atoms with E-state index in [1.807, 2.05) is 19.1 Å². The summed E-state index contributed by atoms with van der Waals surface area (Å²) in [5.41, 5.74) is 0.935. The molecule has 0 amide bonds.